The number of hydrogen-bond acceptors (Lipinski definition) is 7. The Labute approximate surface area is 313 Å². The first-order valence-corrected chi connectivity index (χ1v) is 21.5. The molecule has 8 nitrogen and oxygen atoms in total. The maximum absolute atomic E-state index is 12.6. The molecular weight excluding hydrogens is 661 g/mol. The lowest BCUT2D eigenvalue weighted by atomic mass is 10.0. The Morgan fingerprint density at radius 2 is 1.10 bits per heavy atom. The quantitative estimate of drug-likeness (QED) is 0.0208. The largest absolute Gasteiger partial charge is 0.756 e. The molecule has 0 rings (SSSR count). The van der Waals surface area contributed by atoms with E-state index >= 15 is 0 Å². The third kappa shape index (κ3) is 39.2. The topological polar surface area (TPSA) is 94.1 Å². The van der Waals surface area contributed by atoms with E-state index in [4.69, 9.17) is 18.5 Å². The first-order chi connectivity index (χ1) is 24.6. The lowest BCUT2D eigenvalue weighted by molar-refractivity contribution is -0.870. The molecule has 0 saturated carbocycles. The molecule has 0 spiro atoms. The number of nitrogens with zero attached hydrogens (tertiary/aromatic N) is 1. The summed E-state index contributed by atoms with van der Waals surface area (Å²) in [4.78, 5) is 24.9. The Morgan fingerprint density at radius 3 is 1.59 bits per heavy atom. The first kappa shape index (κ1) is 49.2. The minimum absolute atomic E-state index is 0.0114. The summed E-state index contributed by atoms with van der Waals surface area (Å²) >= 11 is 0. The van der Waals surface area contributed by atoms with Crippen LogP contribution in [-0.2, 0) is 27.9 Å². The van der Waals surface area contributed by atoms with Gasteiger partial charge in [-0.25, -0.2) is 0 Å². The second-order valence-corrected chi connectivity index (χ2v) is 15.7. The van der Waals surface area contributed by atoms with Crippen LogP contribution in [0.3, 0.4) is 0 Å². The number of ether oxygens (including phenoxy) is 2. The third-order valence-electron chi connectivity index (χ3n) is 8.10. The van der Waals surface area contributed by atoms with Crippen molar-refractivity contribution < 1.29 is 37.3 Å². The SMILES string of the molecule is CC/C=C\C/C=C\C/C=C\C/C=C\C/C=C\CCOCC(COP(=O)([O-])OCC[N+](C)(C)C)OC(=O)CCCCCCCCCCCCCCC. The minimum Gasteiger partial charge on any atom is -0.756 e. The minimum atomic E-state index is -4.54. The zero-order chi connectivity index (χ0) is 37.7. The van der Waals surface area contributed by atoms with Gasteiger partial charge in [-0.05, 0) is 44.9 Å². The van der Waals surface area contributed by atoms with E-state index in [1.54, 1.807) is 0 Å². The highest BCUT2D eigenvalue weighted by Crippen LogP contribution is 2.38. The van der Waals surface area contributed by atoms with Crippen molar-refractivity contribution in [2.75, 3.05) is 54.1 Å². The average Bonchev–Trinajstić information content (AvgIpc) is 3.08. The molecule has 0 bridgehead atoms. The molecule has 0 aliphatic rings. The van der Waals surface area contributed by atoms with E-state index in [-0.39, 0.29) is 25.8 Å². The maximum Gasteiger partial charge on any atom is 0.306 e. The number of rotatable bonds is 36. The molecule has 51 heavy (non-hydrogen) atoms. The summed E-state index contributed by atoms with van der Waals surface area (Å²) < 4.78 is 34.3. The molecule has 0 aliphatic carbocycles. The number of phosphoric acid groups is 1. The van der Waals surface area contributed by atoms with Crippen LogP contribution < -0.4 is 4.89 Å². The normalized spacial score (nSPS) is 14.5. The average molecular weight is 738 g/mol. The summed E-state index contributed by atoms with van der Waals surface area (Å²) in [5.74, 6) is -0.361. The van der Waals surface area contributed by atoms with Crippen LogP contribution in [0, 0.1) is 0 Å². The molecule has 0 aromatic rings. The smallest absolute Gasteiger partial charge is 0.306 e. The fourth-order valence-electron chi connectivity index (χ4n) is 5.02. The first-order valence-electron chi connectivity index (χ1n) is 20.0. The molecular formula is C42H76NO7P. The Balaban J connectivity index is 4.41. The van der Waals surface area contributed by atoms with Crippen molar-refractivity contribution in [3.63, 3.8) is 0 Å². The Kier molecular flexibility index (Phi) is 34.0. The molecule has 0 amide bonds. The molecule has 0 aromatic carbocycles. The number of likely N-dealkylation sites (N-methyl/N-ethyl adjacent to an activating group) is 1. The number of carbonyl (C=O) groups is 1. The Morgan fingerprint density at radius 1 is 0.627 bits per heavy atom. The van der Waals surface area contributed by atoms with Gasteiger partial charge >= 0.3 is 5.97 Å². The second-order valence-electron chi connectivity index (χ2n) is 14.3. The van der Waals surface area contributed by atoms with Gasteiger partial charge in [0, 0.05) is 6.42 Å². The number of hydrogen-bond donors (Lipinski definition) is 0. The van der Waals surface area contributed by atoms with E-state index in [1.807, 2.05) is 21.1 Å². The summed E-state index contributed by atoms with van der Waals surface area (Å²) in [5.41, 5.74) is 0. The Hall–Kier alpha value is -1.80. The summed E-state index contributed by atoms with van der Waals surface area (Å²) in [6.07, 6.45) is 42.5. The van der Waals surface area contributed by atoms with Gasteiger partial charge in [0.15, 0.2) is 0 Å². The van der Waals surface area contributed by atoms with Crippen molar-refractivity contribution in [1.82, 2.24) is 0 Å². The van der Waals surface area contributed by atoms with Crippen LogP contribution in [0.1, 0.15) is 142 Å². The van der Waals surface area contributed by atoms with Gasteiger partial charge in [-0.3, -0.25) is 9.36 Å². The highest BCUT2D eigenvalue weighted by Gasteiger charge is 2.20. The maximum atomic E-state index is 12.6. The van der Waals surface area contributed by atoms with Crippen molar-refractivity contribution >= 4 is 13.8 Å². The van der Waals surface area contributed by atoms with Crippen LogP contribution in [0.15, 0.2) is 60.8 Å². The molecule has 0 fully saturated rings. The Bertz CT molecular complexity index is 1000. The van der Waals surface area contributed by atoms with E-state index in [2.05, 4.69) is 74.6 Å². The predicted octanol–water partition coefficient (Wildman–Crippen LogP) is 10.7. The monoisotopic (exact) mass is 738 g/mol. The van der Waals surface area contributed by atoms with Crippen molar-refractivity contribution in [2.24, 2.45) is 0 Å². The molecule has 0 N–H and O–H groups in total. The predicted molar refractivity (Wildman–Crippen MR) is 212 cm³/mol. The fourth-order valence-corrected chi connectivity index (χ4v) is 5.75. The van der Waals surface area contributed by atoms with E-state index in [9.17, 15) is 14.3 Å². The highest BCUT2D eigenvalue weighted by molar-refractivity contribution is 7.45. The number of carbonyl (C=O) groups excluding carboxylic acids is 1. The van der Waals surface area contributed by atoms with Gasteiger partial charge in [-0.15, -0.1) is 0 Å². The standard InChI is InChI=1S/C42H76NO7P/c1-6-8-10-12-14-16-18-20-21-22-24-26-28-30-32-34-37-47-39-41(40-49-51(45,46)48-38-36-43(3,4)5)50-42(44)35-33-31-29-27-25-23-19-17-15-13-11-9-7-2/h8,10,14,16,20-21,24,26,30,32,41H,6-7,9,11-13,15,17-19,22-23,25,27-29,31,33-40H2,1-5H3/b10-8-,16-14-,21-20-,26-24-,32-30-. The summed E-state index contributed by atoms with van der Waals surface area (Å²) in [5, 5.41) is 0. The van der Waals surface area contributed by atoms with Gasteiger partial charge in [0.25, 0.3) is 7.82 Å². The van der Waals surface area contributed by atoms with Crippen LogP contribution >= 0.6 is 7.82 Å². The fraction of sp³-hybridized carbons (Fsp3) is 0.738. The van der Waals surface area contributed by atoms with Crippen molar-refractivity contribution in [3.05, 3.63) is 60.8 Å². The van der Waals surface area contributed by atoms with Gasteiger partial charge in [0.05, 0.1) is 41.0 Å². The van der Waals surface area contributed by atoms with Crippen LogP contribution in [0.2, 0.25) is 0 Å². The highest BCUT2D eigenvalue weighted by atomic mass is 31.2. The summed E-state index contributed by atoms with van der Waals surface area (Å²) in [6, 6.07) is 0. The molecule has 2 atom stereocenters. The van der Waals surface area contributed by atoms with E-state index < -0.39 is 13.9 Å². The lowest BCUT2D eigenvalue weighted by Gasteiger charge is -2.28. The van der Waals surface area contributed by atoms with Gasteiger partial charge in [0.1, 0.15) is 19.3 Å². The molecule has 9 heteroatoms. The van der Waals surface area contributed by atoms with Gasteiger partial charge < -0.3 is 27.9 Å². The van der Waals surface area contributed by atoms with Crippen LogP contribution in [-0.4, -0.2) is 70.7 Å². The van der Waals surface area contributed by atoms with Gasteiger partial charge in [0.2, 0.25) is 0 Å². The van der Waals surface area contributed by atoms with Crippen LogP contribution in [0.4, 0.5) is 0 Å². The molecule has 0 saturated heterocycles. The van der Waals surface area contributed by atoms with Crippen LogP contribution in [0.25, 0.3) is 0 Å². The molecule has 0 radical (unpaired) electrons. The van der Waals surface area contributed by atoms with Crippen molar-refractivity contribution in [1.29, 1.82) is 0 Å². The number of phosphoric ester groups is 1. The second kappa shape index (κ2) is 35.2. The lowest BCUT2D eigenvalue weighted by Crippen LogP contribution is -2.37. The number of unbranched alkanes of at least 4 members (excludes halogenated alkanes) is 12. The molecule has 0 heterocycles. The van der Waals surface area contributed by atoms with Crippen molar-refractivity contribution in [2.45, 2.75) is 148 Å². The summed E-state index contributed by atoms with van der Waals surface area (Å²) in [6.45, 7) is 5.05. The zero-order valence-corrected chi connectivity index (χ0v) is 34.2. The third-order valence-corrected chi connectivity index (χ3v) is 9.07. The zero-order valence-electron chi connectivity index (χ0n) is 33.3. The van der Waals surface area contributed by atoms with Crippen LogP contribution in [0.5, 0.6) is 0 Å². The number of quaternary nitrogens is 1. The summed E-state index contributed by atoms with van der Waals surface area (Å²) in [7, 11) is 1.31. The van der Waals surface area contributed by atoms with E-state index in [1.165, 1.54) is 64.2 Å². The van der Waals surface area contributed by atoms with Gasteiger partial charge in [-0.2, -0.15) is 0 Å². The molecule has 0 aliphatic heterocycles. The van der Waals surface area contributed by atoms with E-state index in [0.29, 0.717) is 30.5 Å². The molecule has 2 unspecified atom stereocenters. The molecule has 0 aromatic heterocycles. The van der Waals surface area contributed by atoms with E-state index in [0.717, 1.165) is 51.4 Å². The van der Waals surface area contributed by atoms with Gasteiger partial charge in [-0.1, -0.05) is 152 Å². The van der Waals surface area contributed by atoms with Crippen molar-refractivity contribution in [3.8, 4) is 0 Å². The number of allylic oxidation sites excluding steroid dienone is 9. The molecule has 296 valence electrons. The number of esters is 1.